The van der Waals surface area contributed by atoms with Gasteiger partial charge in [0.25, 0.3) is 5.91 Å². The number of amides is 1. The van der Waals surface area contributed by atoms with Gasteiger partial charge in [0.15, 0.2) is 5.78 Å². The van der Waals surface area contributed by atoms with Gasteiger partial charge in [-0.2, -0.15) is 0 Å². The SMILES string of the molecule is Cc1sc(NC(=O)c2ccccc2F)c(C(=O)c2ccc(Br)cc2)c1C. The molecule has 0 saturated carbocycles. The second kappa shape index (κ2) is 7.51. The summed E-state index contributed by atoms with van der Waals surface area (Å²) in [5.74, 6) is -1.35. The molecule has 26 heavy (non-hydrogen) atoms. The monoisotopic (exact) mass is 431 g/mol. The summed E-state index contributed by atoms with van der Waals surface area (Å²) in [6.07, 6.45) is 0. The van der Waals surface area contributed by atoms with Gasteiger partial charge in [-0.3, -0.25) is 9.59 Å². The Balaban J connectivity index is 1.98. The average molecular weight is 432 g/mol. The first-order chi connectivity index (χ1) is 12.4. The molecule has 0 atom stereocenters. The van der Waals surface area contributed by atoms with Gasteiger partial charge in [0, 0.05) is 14.9 Å². The van der Waals surface area contributed by atoms with Crippen molar-refractivity contribution in [3.8, 4) is 0 Å². The van der Waals surface area contributed by atoms with E-state index in [1.165, 1.54) is 29.5 Å². The van der Waals surface area contributed by atoms with Crippen LogP contribution in [-0.4, -0.2) is 11.7 Å². The molecule has 0 saturated heterocycles. The van der Waals surface area contributed by atoms with Gasteiger partial charge in [0.1, 0.15) is 10.8 Å². The summed E-state index contributed by atoms with van der Waals surface area (Å²) in [5.41, 5.74) is 1.72. The van der Waals surface area contributed by atoms with Gasteiger partial charge < -0.3 is 5.32 Å². The van der Waals surface area contributed by atoms with Crippen LogP contribution in [0.5, 0.6) is 0 Å². The van der Waals surface area contributed by atoms with Crippen LogP contribution >= 0.6 is 27.3 Å². The number of anilines is 1. The molecule has 2 aromatic carbocycles. The molecule has 0 bridgehead atoms. The zero-order valence-corrected chi connectivity index (χ0v) is 16.5. The topological polar surface area (TPSA) is 46.2 Å². The van der Waals surface area contributed by atoms with E-state index in [2.05, 4.69) is 21.2 Å². The molecule has 0 aliphatic rings. The Kier molecular flexibility index (Phi) is 5.34. The van der Waals surface area contributed by atoms with Crippen molar-refractivity contribution in [2.45, 2.75) is 13.8 Å². The van der Waals surface area contributed by atoms with Crippen molar-refractivity contribution in [1.29, 1.82) is 0 Å². The molecule has 0 aliphatic carbocycles. The second-order valence-corrected chi connectivity index (χ2v) is 7.90. The van der Waals surface area contributed by atoms with Gasteiger partial charge in [-0.25, -0.2) is 4.39 Å². The molecule has 1 N–H and O–H groups in total. The van der Waals surface area contributed by atoms with Gasteiger partial charge in [-0.05, 0) is 55.8 Å². The summed E-state index contributed by atoms with van der Waals surface area (Å²) in [6.45, 7) is 3.73. The first-order valence-electron chi connectivity index (χ1n) is 7.84. The lowest BCUT2D eigenvalue weighted by Gasteiger charge is -2.08. The minimum Gasteiger partial charge on any atom is -0.313 e. The Morgan fingerprint density at radius 3 is 2.35 bits per heavy atom. The Bertz CT molecular complexity index is 996. The quantitative estimate of drug-likeness (QED) is 0.534. The molecular formula is C20H15BrFNO2S. The van der Waals surface area contributed by atoms with Crippen LogP contribution < -0.4 is 5.32 Å². The number of aryl methyl sites for hydroxylation is 1. The smallest absolute Gasteiger partial charge is 0.259 e. The van der Waals surface area contributed by atoms with Gasteiger partial charge in [-0.15, -0.1) is 11.3 Å². The predicted molar refractivity (Wildman–Crippen MR) is 106 cm³/mol. The minimum absolute atomic E-state index is 0.0572. The van der Waals surface area contributed by atoms with Crippen LogP contribution in [-0.2, 0) is 0 Å². The van der Waals surface area contributed by atoms with Gasteiger partial charge in [0.2, 0.25) is 0 Å². The maximum absolute atomic E-state index is 13.9. The van der Waals surface area contributed by atoms with Crippen LogP contribution in [0.3, 0.4) is 0 Å². The lowest BCUT2D eigenvalue weighted by atomic mass is 10.0. The molecule has 3 aromatic rings. The molecule has 0 unspecified atom stereocenters. The van der Waals surface area contributed by atoms with Crippen LogP contribution in [0.4, 0.5) is 9.39 Å². The van der Waals surface area contributed by atoms with Crippen molar-refractivity contribution in [2.24, 2.45) is 0 Å². The number of benzene rings is 2. The lowest BCUT2D eigenvalue weighted by Crippen LogP contribution is -2.15. The third-order valence-corrected chi connectivity index (χ3v) is 5.72. The molecule has 0 aliphatic heterocycles. The van der Waals surface area contributed by atoms with Crippen LogP contribution in [0.2, 0.25) is 0 Å². The molecule has 6 heteroatoms. The summed E-state index contributed by atoms with van der Waals surface area (Å²) in [6, 6.07) is 12.8. The summed E-state index contributed by atoms with van der Waals surface area (Å²) in [7, 11) is 0. The molecule has 1 amide bonds. The van der Waals surface area contributed by atoms with Crippen LogP contribution in [0, 0.1) is 19.7 Å². The molecule has 0 fully saturated rings. The molecule has 1 heterocycles. The third-order valence-electron chi connectivity index (χ3n) is 4.06. The van der Waals surface area contributed by atoms with E-state index < -0.39 is 11.7 Å². The number of carbonyl (C=O) groups is 2. The Labute approximate surface area is 163 Å². The van der Waals surface area contributed by atoms with Gasteiger partial charge in [-0.1, -0.05) is 28.1 Å². The lowest BCUT2D eigenvalue weighted by molar-refractivity contribution is 0.102. The van der Waals surface area contributed by atoms with E-state index in [9.17, 15) is 14.0 Å². The largest absolute Gasteiger partial charge is 0.313 e. The highest BCUT2D eigenvalue weighted by molar-refractivity contribution is 9.10. The summed E-state index contributed by atoms with van der Waals surface area (Å²) >= 11 is 4.66. The van der Waals surface area contributed by atoms with E-state index in [-0.39, 0.29) is 11.3 Å². The van der Waals surface area contributed by atoms with Crippen molar-refractivity contribution in [2.75, 3.05) is 5.32 Å². The zero-order chi connectivity index (χ0) is 18.8. The number of ketones is 1. The number of rotatable bonds is 4. The van der Waals surface area contributed by atoms with E-state index in [4.69, 9.17) is 0 Å². The number of hydrogen-bond donors (Lipinski definition) is 1. The van der Waals surface area contributed by atoms with Crippen molar-refractivity contribution in [3.05, 3.63) is 86.0 Å². The predicted octanol–water partition coefficient (Wildman–Crippen LogP) is 5.75. The standard InChI is InChI=1S/C20H15BrFNO2S/c1-11-12(2)26-20(23-19(25)15-5-3-4-6-16(15)22)17(11)18(24)13-7-9-14(21)10-8-13/h3-10H,1-2H3,(H,23,25). The van der Waals surface area contributed by atoms with E-state index in [1.807, 2.05) is 13.8 Å². The number of carbonyl (C=O) groups excluding carboxylic acids is 2. The zero-order valence-electron chi connectivity index (χ0n) is 14.1. The fourth-order valence-corrected chi connectivity index (χ4v) is 3.87. The Morgan fingerprint density at radius 1 is 1.04 bits per heavy atom. The molecule has 3 nitrogen and oxygen atoms in total. The van der Waals surface area contributed by atoms with Crippen LogP contribution in [0.1, 0.15) is 36.7 Å². The van der Waals surface area contributed by atoms with Crippen molar-refractivity contribution >= 4 is 44.0 Å². The number of nitrogens with one attached hydrogen (secondary N) is 1. The highest BCUT2D eigenvalue weighted by Gasteiger charge is 2.23. The van der Waals surface area contributed by atoms with Crippen molar-refractivity contribution < 1.29 is 14.0 Å². The van der Waals surface area contributed by atoms with Gasteiger partial charge in [0.05, 0.1) is 11.1 Å². The summed E-state index contributed by atoms with van der Waals surface area (Å²) in [5, 5.41) is 3.13. The van der Waals surface area contributed by atoms with Crippen molar-refractivity contribution in [3.63, 3.8) is 0 Å². The maximum atomic E-state index is 13.9. The van der Waals surface area contributed by atoms with Gasteiger partial charge >= 0.3 is 0 Å². The first kappa shape index (κ1) is 18.5. The average Bonchev–Trinajstić information content (AvgIpc) is 2.89. The van der Waals surface area contributed by atoms with E-state index in [0.29, 0.717) is 16.1 Å². The van der Waals surface area contributed by atoms with E-state index in [1.54, 1.807) is 30.3 Å². The second-order valence-electron chi connectivity index (χ2n) is 5.76. The third kappa shape index (κ3) is 3.61. The summed E-state index contributed by atoms with van der Waals surface area (Å²) in [4.78, 5) is 26.3. The minimum atomic E-state index is -0.601. The molecule has 0 spiro atoms. The Hall–Kier alpha value is -2.31. The van der Waals surface area contributed by atoms with Crippen LogP contribution in [0.15, 0.2) is 53.0 Å². The molecule has 0 radical (unpaired) electrons. The fraction of sp³-hybridized carbons (Fsp3) is 0.100. The van der Waals surface area contributed by atoms with Crippen LogP contribution in [0.25, 0.3) is 0 Å². The number of hydrogen-bond acceptors (Lipinski definition) is 3. The first-order valence-corrected chi connectivity index (χ1v) is 9.45. The number of halogens is 2. The molecule has 1 aromatic heterocycles. The Morgan fingerprint density at radius 2 is 1.69 bits per heavy atom. The molecule has 3 rings (SSSR count). The maximum Gasteiger partial charge on any atom is 0.259 e. The van der Waals surface area contributed by atoms with Crippen molar-refractivity contribution in [1.82, 2.24) is 0 Å². The normalized spacial score (nSPS) is 10.6. The number of thiophene rings is 1. The highest BCUT2D eigenvalue weighted by atomic mass is 79.9. The summed E-state index contributed by atoms with van der Waals surface area (Å²) < 4.78 is 14.7. The molecule has 132 valence electrons. The fourth-order valence-electron chi connectivity index (χ4n) is 2.55. The van der Waals surface area contributed by atoms with E-state index in [0.717, 1.165) is 14.9 Å². The van der Waals surface area contributed by atoms with E-state index >= 15 is 0 Å². The molecular weight excluding hydrogens is 417 g/mol. The highest BCUT2D eigenvalue weighted by Crippen LogP contribution is 2.34.